The second-order valence-electron chi connectivity index (χ2n) is 5.57. The number of para-hydroxylation sites is 1. The molecule has 7 heteroatoms. The summed E-state index contributed by atoms with van der Waals surface area (Å²) >= 11 is 0. The van der Waals surface area contributed by atoms with Crippen LogP contribution in [0.2, 0.25) is 0 Å². The molecule has 0 saturated heterocycles. The Balaban J connectivity index is 1.78. The molecule has 0 aliphatic carbocycles. The molecule has 0 atom stereocenters. The first kappa shape index (κ1) is 14.8. The van der Waals surface area contributed by atoms with Crippen molar-refractivity contribution in [3.63, 3.8) is 0 Å². The van der Waals surface area contributed by atoms with Crippen molar-refractivity contribution in [1.29, 1.82) is 0 Å². The molecule has 0 bridgehead atoms. The van der Waals surface area contributed by atoms with Crippen LogP contribution in [0.15, 0.2) is 54.6 Å². The summed E-state index contributed by atoms with van der Waals surface area (Å²) < 4.78 is 0. The molecule has 1 aliphatic rings. The molecule has 1 aliphatic heterocycles. The summed E-state index contributed by atoms with van der Waals surface area (Å²) in [5, 5.41) is 18.0. The van der Waals surface area contributed by atoms with Gasteiger partial charge in [-0.2, -0.15) is 0 Å². The summed E-state index contributed by atoms with van der Waals surface area (Å²) in [6, 6.07) is 14.4. The second kappa shape index (κ2) is 5.41. The van der Waals surface area contributed by atoms with Crippen LogP contribution in [0.3, 0.4) is 0 Å². The molecular weight excluding hydrogens is 322 g/mol. The number of anilines is 2. The average molecular weight is 333 g/mol. The molecule has 1 heterocycles. The maximum Gasteiger partial charge on any atom is 0.282 e. The van der Waals surface area contributed by atoms with E-state index in [1.165, 1.54) is 18.2 Å². The van der Waals surface area contributed by atoms with Crippen LogP contribution in [-0.2, 0) is 0 Å². The SMILES string of the molecule is O=C(Nc1ccc2c3c(cccc13)C(=O)N2)c1ccccc1[N+](=O)[O-]. The highest BCUT2D eigenvalue weighted by Gasteiger charge is 2.24. The third-order valence-electron chi connectivity index (χ3n) is 4.13. The molecule has 0 fully saturated rings. The van der Waals surface area contributed by atoms with Crippen LogP contribution in [0, 0.1) is 10.1 Å². The van der Waals surface area contributed by atoms with Crippen molar-refractivity contribution < 1.29 is 14.5 Å². The van der Waals surface area contributed by atoms with Crippen molar-refractivity contribution in [2.45, 2.75) is 0 Å². The maximum atomic E-state index is 12.5. The van der Waals surface area contributed by atoms with Crippen molar-refractivity contribution in [2.24, 2.45) is 0 Å². The maximum absolute atomic E-state index is 12.5. The molecule has 0 saturated carbocycles. The van der Waals surface area contributed by atoms with Crippen molar-refractivity contribution in [3.8, 4) is 0 Å². The van der Waals surface area contributed by atoms with Gasteiger partial charge in [0.15, 0.2) is 0 Å². The predicted molar refractivity (Wildman–Crippen MR) is 93.0 cm³/mol. The first-order valence-electron chi connectivity index (χ1n) is 7.48. The van der Waals surface area contributed by atoms with Crippen LogP contribution < -0.4 is 10.6 Å². The summed E-state index contributed by atoms with van der Waals surface area (Å²) in [5.41, 5.74) is 1.42. The quantitative estimate of drug-likeness (QED) is 0.565. The third-order valence-corrected chi connectivity index (χ3v) is 4.13. The Morgan fingerprint density at radius 1 is 1.04 bits per heavy atom. The summed E-state index contributed by atoms with van der Waals surface area (Å²) in [4.78, 5) is 35.0. The number of carbonyl (C=O) groups is 2. The highest BCUT2D eigenvalue weighted by molar-refractivity contribution is 6.26. The molecule has 4 rings (SSSR count). The zero-order chi connectivity index (χ0) is 17.6. The highest BCUT2D eigenvalue weighted by atomic mass is 16.6. The Bertz CT molecular complexity index is 1080. The number of nitrogens with one attached hydrogen (secondary N) is 2. The van der Waals surface area contributed by atoms with Crippen molar-refractivity contribution in [1.82, 2.24) is 0 Å². The van der Waals surface area contributed by atoms with Gasteiger partial charge in [0.1, 0.15) is 5.56 Å². The average Bonchev–Trinajstić information content (AvgIpc) is 2.95. The Kier molecular flexibility index (Phi) is 3.21. The molecule has 2 N–H and O–H groups in total. The van der Waals surface area contributed by atoms with Crippen LogP contribution in [0.5, 0.6) is 0 Å². The van der Waals surface area contributed by atoms with Crippen LogP contribution in [-0.4, -0.2) is 16.7 Å². The lowest BCUT2D eigenvalue weighted by Gasteiger charge is -2.10. The summed E-state index contributed by atoms with van der Waals surface area (Å²) in [7, 11) is 0. The monoisotopic (exact) mass is 333 g/mol. The molecule has 122 valence electrons. The van der Waals surface area contributed by atoms with Gasteiger partial charge in [-0.3, -0.25) is 19.7 Å². The number of rotatable bonds is 3. The standard InChI is InChI=1S/C18H11N3O4/c22-17(11-4-1-2-7-15(11)21(24)25)19-13-8-9-14-16-10(13)5-3-6-12(16)18(23)20-14/h1-9H,(H,19,22)(H,20,23). The van der Waals surface area contributed by atoms with E-state index in [2.05, 4.69) is 10.6 Å². The van der Waals surface area contributed by atoms with E-state index in [-0.39, 0.29) is 17.2 Å². The van der Waals surface area contributed by atoms with Gasteiger partial charge in [-0.25, -0.2) is 0 Å². The Labute approximate surface area is 141 Å². The minimum atomic E-state index is -0.592. The molecular formula is C18H11N3O4. The van der Waals surface area contributed by atoms with Crippen LogP contribution in [0.1, 0.15) is 20.7 Å². The molecule has 0 unspecified atom stereocenters. The van der Waals surface area contributed by atoms with Crippen molar-refractivity contribution >= 4 is 39.6 Å². The van der Waals surface area contributed by atoms with Gasteiger partial charge in [0.2, 0.25) is 0 Å². The van der Waals surface area contributed by atoms with E-state index in [0.29, 0.717) is 22.3 Å². The second-order valence-corrected chi connectivity index (χ2v) is 5.57. The van der Waals surface area contributed by atoms with Crippen molar-refractivity contribution in [3.05, 3.63) is 75.8 Å². The largest absolute Gasteiger partial charge is 0.321 e. The Morgan fingerprint density at radius 3 is 2.64 bits per heavy atom. The lowest BCUT2D eigenvalue weighted by molar-refractivity contribution is -0.385. The molecule has 0 radical (unpaired) electrons. The van der Waals surface area contributed by atoms with Gasteiger partial charge in [0.25, 0.3) is 17.5 Å². The van der Waals surface area contributed by atoms with Gasteiger partial charge in [-0.15, -0.1) is 0 Å². The molecule has 0 aromatic heterocycles. The van der Waals surface area contributed by atoms with Gasteiger partial charge >= 0.3 is 0 Å². The Morgan fingerprint density at radius 2 is 1.84 bits per heavy atom. The first-order chi connectivity index (χ1) is 12.1. The highest BCUT2D eigenvalue weighted by Crippen LogP contribution is 2.37. The van der Waals surface area contributed by atoms with Crippen LogP contribution in [0.25, 0.3) is 10.8 Å². The van der Waals surface area contributed by atoms with Gasteiger partial charge in [0, 0.05) is 33.8 Å². The number of hydrogen-bond acceptors (Lipinski definition) is 4. The van der Waals surface area contributed by atoms with Gasteiger partial charge < -0.3 is 10.6 Å². The Hall–Kier alpha value is -3.74. The van der Waals surface area contributed by atoms with E-state index >= 15 is 0 Å². The minimum absolute atomic E-state index is 0.0232. The van der Waals surface area contributed by atoms with E-state index in [1.54, 1.807) is 36.4 Å². The molecule has 7 nitrogen and oxygen atoms in total. The number of nitro groups is 1. The summed E-state index contributed by atoms with van der Waals surface area (Å²) in [6.07, 6.45) is 0. The molecule has 2 amide bonds. The van der Waals surface area contributed by atoms with E-state index < -0.39 is 10.8 Å². The number of amides is 2. The molecule has 25 heavy (non-hydrogen) atoms. The van der Waals surface area contributed by atoms with Crippen molar-refractivity contribution in [2.75, 3.05) is 10.6 Å². The minimum Gasteiger partial charge on any atom is -0.321 e. The van der Waals surface area contributed by atoms with E-state index in [1.807, 2.05) is 0 Å². The number of carbonyl (C=O) groups excluding carboxylic acids is 2. The van der Waals surface area contributed by atoms with Crippen LogP contribution in [0.4, 0.5) is 17.1 Å². The smallest absolute Gasteiger partial charge is 0.282 e. The summed E-state index contributed by atoms with van der Waals surface area (Å²) in [5.74, 6) is -0.770. The zero-order valence-electron chi connectivity index (χ0n) is 12.8. The molecule has 3 aromatic rings. The fourth-order valence-corrected chi connectivity index (χ4v) is 3.01. The van der Waals surface area contributed by atoms with Crippen LogP contribution >= 0.6 is 0 Å². The van der Waals surface area contributed by atoms with Gasteiger partial charge in [-0.1, -0.05) is 24.3 Å². The fourth-order valence-electron chi connectivity index (χ4n) is 3.01. The third kappa shape index (κ3) is 2.29. The topological polar surface area (TPSA) is 101 Å². The number of hydrogen-bond donors (Lipinski definition) is 2. The van der Waals surface area contributed by atoms with Gasteiger partial charge in [-0.05, 0) is 24.3 Å². The summed E-state index contributed by atoms with van der Waals surface area (Å²) in [6.45, 7) is 0. The number of nitrogens with zero attached hydrogens (tertiary/aromatic N) is 1. The number of benzene rings is 3. The number of nitro benzene ring substituents is 1. The lowest BCUT2D eigenvalue weighted by Crippen LogP contribution is -2.14. The van der Waals surface area contributed by atoms with Gasteiger partial charge in [0.05, 0.1) is 4.92 Å². The molecule has 3 aromatic carbocycles. The predicted octanol–water partition coefficient (Wildman–Crippen LogP) is 3.57. The first-order valence-corrected chi connectivity index (χ1v) is 7.48. The van der Waals surface area contributed by atoms with E-state index in [9.17, 15) is 19.7 Å². The fraction of sp³-hybridized carbons (Fsp3) is 0. The lowest BCUT2D eigenvalue weighted by atomic mass is 10.0. The zero-order valence-corrected chi connectivity index (χ0v) is 12.8. The van der Waals surface area contributed by atoms with E-state index in [0.717, 1.165) is 5.39 Å². The molecule has 0 spiro atoms. The van der Waals surface area contributed by atoms with E-state index in [4.69, 9.17) is 0 Å². The normalized spacial score (nSPS) is 12.1.